The van der Waals surface area contributed by atoms with Crippen LogP contribution in [0.4, 0.5) is 5.69 Å². The molecule has 1 aliphatic rings. The van der Waals surface area contributed by atoms with Crippen LogP contribution in [-0.2, 0) is 14.3 Å². The maximum atomic E-state index is 12.1. The molecular formula is C14H17ClN2O4. The third-order valence-electron chi connectivity index (χ3n) is 3.19. The van der Waals surface area contributed by atoms with Crippen molar-refractivity contribution in [2.45, 2.75) is 13.0 Å². The molecule has 1 aliphatic heterocycles. The molecular weight excluding hydrogens is 296 g/mol. The maximum absolute atomic E-state index is 12.1. The predicted octanol–water partition coefficient (Wildman–Crippen LogP) is 1.33. The Balaban J connectivity index is 1.99. The largest absolute Gasteiger partial charge is 0.449 e. The van der Waals surface area contributed by atoms with Crippen molar-refractivity contribution in [3.05, 3.63) is 28.8 Å². The van der Waals surface area contributed by atoms with Crippen LogP contribution in [0.3, 0.4) is 0 Å². The van der Waals surface area contributed by atoms with Gasteiger partial charge in [0.25, 0.3) is 5.91 Å². The van der Waals surface area contributed by atoms with Crippen LogP contribution in [0.25, 0.3) is 0 Å². The number of halogens is 1. The van der Waals surface area contributed by atoms with Crippen LogP contribution in [0.15, 0.2) is 18.2 Å². The Morgan fingerprint density at radius 1 is 1.38 bits per heavy atom. The molecule has 1 amide bonds. The highest BCUT2D eigenvalue weighted by atomic mass is 35.5. The van der Waals surface area contributed by atoms with E-state index in [0.717, 1.165) is 0 Å². The topological polar surface area (TPSA) is 81.9 Å². The summed E-state index contributed by atoms with van der Waals surface area (Å²) in [6.07, 6.45) is -0.870. The zero-order valence-electron chi connectivity index (χ0n) is 11.7. The second-order valence-corrected chi connectivity index (χ2v) is 5.15. The number of nitrogen functional groups attached to an aromatic ring is 1. The van der Waals surface area contributed by atoms with Crippen LogP contribution < -0.4 is 5.73 Å². The fourth-order valence-corrected chi connectivity index (χ4v) is 2.22. The SMILES string of the molecule is CC(OC(=O)c1ccc(Cl)cc1N)C(=O)N1CCOCC1. The number of nitrogens with two attached hydrogens (primary N) is 1. The Hall–Kier alpha value is -1.79. The highest BCUT2D eigenvalue weighted by Crippen LogP contribution is 2.19. The number of amides is 1. The number of esters is 1. The van der Waals surface area contributed by atoms with Crippen molar-refractivity contribution < 1.29 is 19.1 Å². The molecule has 1 unspecified atom stereocenters. The van der Waals surface area contributed by atoms with E-state index >= 15 is 0 Å². The molecule has 1 saturated heterocycles. The van der Waals surface area contributed by atoms with E-state index in [9.17, 15) is 9.59 Å². The molecule has 0 saturated carbocycles. The van der Waals surface area contributed by atoms with Crippen molar-refractivity contribution in [3.63, 3.8) is 0 Å². The highest BCUT2D eigenvalue weighted by molar-refractivity contribution is 6.31. The highest BCUT2D eigenvalue weighted by Gasteiger charge is 2.26. The Bertz CT molecular complexity index is 544. The molecule has 2 rings (SSSR count). The molecule has 0 spiro atoms. The summed E-state index contributed by atoms with van der Waals surface area (Å²) in [7, 11) is 0. The van der Waals surface area contributed by atoms with Crippen LogP contribution in [-0.4, -0.2) is 49.2 Å². The number of morpholine rings is 1. The Labute approximate surface area is 127 Å². The molecule has 0 bridgehead atoms. The van der Waals surface area contributed by atoms with Gasteiger partial charge >= 0.3 is 5.97 Å². The normalized spacial score (nSPS) is 16.4. The molecule has 6 nitrogen and oxygen atoms in total. The number of rotatable bonds is 3. The monoisotopic (exact) mass is 312 g/mol. The Morgan fingerprint density at radius 3 is 2.67 bits per heavy atom. The predicted molar refractivity (Wildman–Crippen MR) is 78.1 cm³/mol. The number of hydrogen-bond acceptors (Lipinski definition) is 5. The summed E-state index contributed by atoms with van der Waals surface area (Å²) in [5.41, 5.74) is 6.14. The summed E-state index contributed by atoms with van der Waals surface area (Å²) in [6, 6.07) is 4.49. The van der Waals surface area contributed by atoms with Gasteiger partial charge in [0.15, 0.2) is 6.10 Å². The molecule has 0 aliphatic carbocycles. The van der Waals surface area contributed by atoms with Gasteiger partial charge in [-0.2, -0.15) is 0 Å². The minimum absolute atomic E-state index is 0.195. The van der Waals surface area contributed by atoms with Gasteiger partial charge in [-0.05, 0) is 25.1 Å². The molecule has 114 valence electrons. The van der Waals surface area contributed by atoms with Gasteiger partial charge in [0.1, 0.15) is 0 Å². The molecule has 0 aromatic heterocycles. The van der Waals surface area contributed by atoms with Crippen molar-refractivity contribution in [2.75, 3.05) is 32.0 Å². The first-order valence-electron chi connectivity index (χ1n) is 6.61. The second kappa shape index (κ2) is 6.78. The first-order valence-corrected chi connectivity index (χ1v) is 6.99. The lowest BCUT2D eigenvalue weighted by Gasteiger charge is -2.29. The van der Waals surface area contributed by atoms with Crippen LogP contribution in [0.2, 0.25) is 5.02 Å². The van der Waals surface area contributed by atoms with Gasteiger partial charge in [0.2, 0.25) is 0 Å². The fourth-order valence-electron chi connectivity index (χ4n) is 2.03. The van der Waals surface area contributed by atoms with Crippen molar-refractivity contribution in [1.82, 2.24) is 4.90 Å². The summed E-state index contributed by atoms with van der Waals surface area (Å²) >= 11 is 5.77. The number of hydrogen-bond donors (Lipinski definition) is 1. The van der Waals surface area contributed by atoms with E-state index in [2.05, 4.69) is 0 Å². The van der Waals surface area contributed by atoms with E-state index in [1.807, 2.05) is 0 Å². The molecule has 0 radical (unpaired) electrons. The van der Waals surface area contributed by atoms with E-state index < -0.39 is 12.1 Å². The van der Waals surface area contributed by atoms with Crippen LogP contribution in [0, 0.1) is 0 Å². The van der Waals surface area contributed by atoms with Crippen molar-refractivity contribution in [1.29, 1.82) is 0 Å². The van der Waals surface area contributed by atoms with E-state index in [-0.39, 0.29) is 17.2 Å². The first kappa shape index (κ1) is 15.6. The van der Waals surface area contributed by atoms with Gasteiger partial charge in [-0.3, -0.25) is 4.79 Å². The van der Waals surface area contributed by atoms with Crippen LogP contribution in [0.5, 0.6) is 0 Å². The number of anilines is 1. The van der Waals surface area contributed by atoms with Crippen LogP contribution >= 0.6 is 11.6 Å². The third-order valence-corrected chi connectivity index (χ3v) is 3.42. The zero-order valence-corrected chi connectivity index (χ0v) is 12.4. The first-order chi connectivity index (χ1) is 9.99. The molecule has 1 heterocycles. The lowest BCUT2D eigenvalue weighted by molar-refractivity contribution is -0.143. The van der Waals surface area contributed by atoms with Crippen molar-refractivity contribution >= 4 is 29.2 Å². The van der Waals surface area contributed by atoms with Gasteiger partial charge in [0.05, 0.1) is 18.8 Å². The summed E-state index contributed by atoms with van der Waals surface area (Å²) in [6.45, 7) is 3.54. The molecule has 1 atom stereocenters. The van der Waals surface area contributed by atoms with Gasteiger partial charge < -0.3 is 20.1 Å². The number of carbonyl (C=O) groups excluding carboxylic acids is 2. The minimum atomic E-state index is -0.870. The number of ether oxygens (including phenoxy) is 2. The lowest BCUT2D eigenvalue weighted by atomic mass is 10.2. The number of nitrogens with zero attached hydrogens (tertiary/aromatic N) is 1. The van der Waals surface area contributed by atoms with Gasteiger partial charge in [0, 0.05) is 23.8 Å². The van der Waals surface area contributed by atoms with Gasteiger partial charge in [-0.1, -0.05) is 11.6 Å². The summed E-state index contributed by atoms with van der Waals surface area (Å²) in [4.78, 5) is 25.8. The second-order valence-electron chi connectivity index (χ2n) is 4.72. The molecule has 1 aromatic carbocycles. The maximum Gasteiger partial charge on any atom is 0.341 e. The fraction of sp³-hybridized carbons (Fsp3) is 0.429. The van der Waals surface area contributed by atoms with Crippen LogP contribution in [0.1, 0.15) is 17.3 Å². The van der Waals surface area contributed by atoms with Gasteiger partial charge in [-0.25, -0.2) is 4.79 Å². The molecule has 21 heavy (non-hydrogen) atoms. The molecule has 1 fully saturated rings. The average molecular weight is 313 g/mol. The minimum Gasteiger partial charge on any atom is -0.449 e. The summed E-state index contributed by atoms with van der Waals surface area (Å²) < 4.78 is 10.4. The zero-order chi connectivity index (χ0) is 15.4. The standard InChI is InChI=1S/C14H17ClN2O4/c1-9(13(18)17-4-6-20-7-5-17)21-14(19)11-3-2-10(15)8-12(11)16/h2-3,8-9H,4-7,16H2,1H3. The molecule has 1 aromatic rings. The smallest absolute Gasteiger partial charge is 0.341 e. The molecule has 2 N–H and O–H groups in total. The van der Waals surface area contributed by atoms with E-state index in [1.54, 1.807) is 17.9 Å². The van der Waals surface area contributed by atoms with Crippen molar-refractivity contribution in [3.8, 4) is 0 Å². The van der Waals surface area contributed by atoms with Gasteiger partial charge in [-0.15, -0.1) is 0 Å². The van der Waals surface area contributed by atoms with E-state index in [0.29, 0.717) is 31.3 Å². The molecule has 7 heteroatoms. The number of benzene rings is 1. The Morgan fingerprint density at radius 2 is 2.05 bits per heavy atom. The quantitative estimate of drug-likeness (QED) is 0.672. The third kappa shape index (κ3) is 3.86. The average Bonchev–Trinajstić information content (AvgIpc) is 2.47. The summed E-state index contributed by atoms with van der Waals surface area (Å²) in [5.74, 6) is -0.877. The van der Waals surface area contributed by atoms with E-state index in [4.69, 9.17) is 26.8 Å². The van der Waals surface area contributed by atoms with E-state index in [1.165, 1.54) is 12.1 Å². The number of carbonyl (C=O) groups is 2. The van der Waals surface area contributed by atoms with Crippen molar-refractivity contribution in [2.24, 2.45) is 0 Å². The Kier molecular flexibility index (Phi) is 5.03. The lowest BCUT2D eigenvalue weighted by Crippen LogP contribution is -2.46. The summed E-state index contributed by atoms with van der Waals surface area (Å²) in [5, 5.41) is 0.432.